The molecule has 2 aromatic carbocycles. The third-order valence-electron chi connectivity index (χ3n) is 4.51. The molecule has 0 fully saturated rings. The number of rotatable bonds is 6. The highest BCUT2D eigenvalue weighted by Gasteiger charge is 2.07. The SMILES string of the molecule is N#CCCn1cc(/C=C/C(=O)Nc2ccc(-c3csnn3)cc2)c2ccccc21. The summed E-state index contributed by atoms with van der Waals surface area (Å²) < 4.78 is 5.90. The molecule has 0 aliphatic carbocycles. The van der Waals surface area contributed by atoms with Gasteiger partial charge in [0, 0.05) is 51.9 Å². The molecule has 0 atom stereocenters. The molecule has 0 spiro atoms. The molecule has 4 rings (SSSR count). The van der Waals surface area contributed by atoms with Gasteiger partial charge in [0.2, 0.25) is 5.91 Å². The highest BCUT2D eigenvalue weighted by Crippen LogP contribution is 2.23. The second-order valence-corrected chi connectivity index (χ2v) is 7.00. The Labute approximate surface area is 171 Å². The fourth-order valence-corrected chi connectivity index (χ4v) is 3.59. The van der Waals surface area contributed by atoms with E-state index in [0.29, 0.717) is 18.7 Å². The zero-order valence-electron chi connectivity index (χ0n) is 15.4. The Morgan fingerprint density at radius 2 is 2.03 bits per heavy atom. The average Bonchev–Trinajstić information content (AvgIpc) is 3.40. The van der Waals surface area contributed by atoms with Gasteiger partial charge in [-0.3, -0.25) is 4.79 Å². The number of para-hydroxylation sites is 1. The molecule has 2 heterocycles. The number of amides is 1. The highest BCUT2D eigenvalue weighted by atomic mass is 32.1. The normalized spacial score (nSPS) is 11.0. The van der Waals surface area contributed by atoms with Crippen LogP contribution >= 0.6 is 11.5 Å². The molecular weight excluding hydrogens is 382 g/mol. The molecule has 0 saturated heterocycles. The fourth-order valence-electron chi connectivity index (χ4n) is 3.13. The molecular formula is C22H17N5OS. The summed E-state index contributed by atoms with van der Waals surface area (Å²) in [7, 11) is 0. The van der Waals surface area contributed by atoms with Crippen molar-refractivity contribution >= 4 is 40.1 Å². The molecule has 29 heavy (non-hydrogen) atoms. The number of nitriles is 1. The maximum absolute atomic E-state index is 12.3. The molecule has 6 nitrogen and oxygen atoms in total. The molecule has 142 valence electrons. The van der Waals surface area contributed by atoms with Crippen molar-refractivity contribution in [2.24, 2.45) is 0 Å². The van der Waals surface area contributed by atoms with Gasteiger partial charge in [0.15, 0.2) is 0 Å². The minimum atomic E-state index is -0.207. The average molecular weight is 399 g/mol. The van der Waals surface area contributed by atoms with Gasteiger partial charge in [-0.1, -0.05) is 34.8 Å². The van der Waals surface area contributed by atoms with Gasteiger partial charge in [-0.25, -0.2) is 0 Å². The zero-order valence-corrected chi connectivity index (χ0v) is 16.3. The quantitative estimate of drug-likeness (QED) is 0.475. The molecule has 0 aliphatic heterocycles. The lowest BCUT2D eigenvalue weighted by atomic mass is 10.1. The molecule has 2 aromatic heterocycles. The van der Waals surface area contributed by atoms with Crippen molar-refractivity contribution in [2.75, 3.05) is 5.32 Å². The molecule has 0 unspecified atom stereocenters. The van der Waals surface area contributed by atoms with Gasteiger partial charge >= 0.3 is 0 Å². The van der Waals surface area contributed by atoms with Crippen LogP contribution in [-0.2, 0) is 11.3 Å². The first-order valence-electron chi connectivity index (χ1n) is 9.06. The van der Waals surface area contributed by atoms with Crippen LogP contribution in [-0.4, -0.2) is 20.1 Å². The van der Waals surface area contributed by atoms with Crippen molar-refractivity contribution in [2.45, 2.75) is 13.0 Å². The first kappa shape index (κ1) is 18.6. The predicted octanol–water partition coefficient (Wildman–Crippen LogP) is 4.73. The lowest BCUT2D eigenvalue weighted by molar-refractivity contribution is -0.111. The van der Waals surface area contributed by atoms with Crippen LogP contribution in [0, 0.1) is 11.3 Å². The summed E-state index contributed by atoms with van der Waals surface area (Å²) in [5.74, 6) is -0.207. The van der Waals surface area contributed by atoms with Crippen LogP contribution in [0.4, 0.5) is 5.69 Å². The number of nitrogens with zero attached hydrogens (tertiary/aromatic N) is 4. The standard InChI is InChI=1S/C22H17N5OS/c23-12-3-13-27-14-17(19-4-1-2-5-21(19)27)8-11-22(28)24-18-9-6-16(7-10-18)20-15-29-26-25-20/h1-2,4-11,14-15H,3,13H2,(H,24,28)/b11-8+. The third kappa shape index (κ3) is 4.23. The van der Waals surface area contributed by atoms with Crippen molar-refractivity contribution in [3.05, 3.63) is 71.7 Å². The Morgan fingerprint density at radius 1 is 1.21 bits per heavy atom. The van der Waals surface area contributed by atoms with E-state index in [1.54, 1.807) is 6.08 Å². The number of carbonyl (C=O) groups excluding carboxylic acids is 1. The minimum absolute atomic E-state index is 0.207. The lowest BCUT2D eigenvalue weighted by Crippen LogP contribution is -2.07. The van der Waals surface area contributed by atoms with Gasteiger partial charge in [0.25, 0.3) is 0 Å². The van der Waals surface area contributed by atoms with Crippen LogP contribution in [0.25, 0.3) is 28.2 Å². The molecule has 0 radical (unpaired) electrons. The Kier molecular flexibility index (Phi) is 5.45. The van der Waals surface area contributed by atoms with Crippen molar-refractivity contribution in [1.82, 2.24) is 14.2 Å². The van der Waals surface area contributed by atoms with Crippen molar-refractivity contribution in [1.29, 1.82) is 5.26 Å². The second kappa shape index (κ2) is 8.50. The Balaban J connectivity index is 1.48. The Morgan fingerprint density at radius 3 is 2.79 bits per heavy atom. The number of hydrogen-bond acceptors (Lipinski definition) is 5. The summed E-state index contributed by atoms with van der Waals surface area (Å²) in [6.45, 7) is 0.623. The first-order chi connectivity index (χ1) is 14.2. The van der Waals surface area contributed by atoms with E-state index >= 15 is 0 Å². The number of aromatic nitrogens is 3. The van der Waals surface area contributed by atoms with Crippen LogP contribution in [0.5, 0.6) is 0 Å². The van der Waals surface area contributed by atoms with Crippen molar-refractivity contribution in [3.8, 4) is 17.3 Å². The summed E-state index contributed by atoms with van der Waals surface area (Å²) in [5.41, 5.74) is 4.48. The Bertz CT molecular complexity index is 1200. The molecule has 4 aromatic rings. The summed E-state index contributed by atoms with van der Waals surface area (Å²) >= 11 is 1.30. The molecule has 1 amide bonds. The van der Waals surface area contributed by atoms with E-state index in [2.05, 4.69) is 21.0 Å². The predicted molar refractivity (Wildman–Crippen MR) is 115 cm³/mol. The fraction of sp³-hybridized carbons (Fsp3) is 0.0909. The van der Waals surface area contributed by atoms with E-state index in [-0.39, 0.29) is 5.91 Å². The van der Waals surface area contributed by atoms with Gasteiger partial charge in [-0.15, -0.1) is 5.10 Å². The van der Waals surface area contributed by atoms with Crippen LogP contribution in [0.15, 0.2) is 66.2 Å². The highest BCUT2D eigenvalue weighted by molar-refractivity contribution is 7.03. The maximum atomic E-state index is 12.3. The van der Waals surface area contributed by atoms with E-state index in [1.807, 2.05) is 64.7 Å². The number of nitrogens with one attached hydrogen (secondary N) is 1. The zero-order chi connectivity index (χ0) is 20.1. The molecule has 1 N–H and O–H groups in total. The van der Waals surface area contributed by atoms with Crippen LogP contribution in [0.1, 0.15) is 12.0 Å². The Hall–Kier alpha value is -3.76. The number of hydrogen-bond donors (Lipinski definition) is 1. The molecule has 0 saturated carbocycles. The monoisotopic (exact) mass is 399 g/mol. The van der Waals surface area contributed by atoms with Gasteiger partial charge < -0.3 is 9.88 Å². The molecule has 0 aliphatic rings. The molecule has 0 bridgehead atoms. The summed E-state index contributed by atoms with van der Waals surface area (Å²) in [4.78, 5) is 12.3. The second-order valence-electron chi connectivity index (χ2n) is 6.39. The summed E-state index contributed by atoms with van der Waals surface area (Å²) in [6, 6.07) is 17.6. The molecule has 7 heteroatoms. The minimum Gasteiger partial charge on any atom is -0.346 e. The largest absolute Gasteiger partial charge is 0.346 e. The lowest BCUT2D eigenvalue weighted by Gasteiger charge is -2.03. The van der Waals surface area contributed by atoms with E-state index in [0.717, 1.165) is 27.7 Å². The third-order valence-corrected chi connectivity index (χ3v) is 5.01. The van der Waals surface area contributed by atoms with Gasteiger partial charge in [-0.05, 0) is 35.8 Å². The smallest absolute Gasteiger partial charge is 0.248 e. The first-order valence-corrected chi connectivity index (χ1v) is 9.89. The van der Waals surface area contributed by atoms with Gasteiger partial charge in [-0.2, -0.15) is 5.26 Å². The number of benzene rings is 2. The van der Waals surface area contributed by atoms with Crippen LogP contribution in [0.2, 0.25) is 0 Å². The summed E-state index contributed by atoms with van der Waals surface area (Å²) in [5, 5.41) is 18.7. The van der Waals surface area contributed by atoms with Crippen molar-refractivity contribution in [3.63, 3.8) is 0 Å². The van der Waals surface area contributed by atoms with Gasteiger partial charge in [0.1, 0.15) is 5.69 Å². The maximum Gasteiger partial charge on any atom is 0.248 e. The van der Waals surface area contributed by atoms with E-state index in [1.165, 1.54) is 17.6 Å². The van der Waals surface area contributed by atoms with E-state index in [4.69, 9.17) is 5.26 Å². The number of anilines is 1. The van der Waals surface area contributed by atoms with Crippen molar-refractivity contribution < 1.29 is 4.79 Å². The van der Waals surface area contributed by atoms with Gasteiger partial charge in [0.05, 0.1) is 12.5 Å². The van der Waals surface area contributed by atoms with Crippen LogP contribution < -0.4 is 5.32 Å². The number of aryl methyl sites for hydroxylation is 1. The van der Waals surface area contributed by atoms with E-state index < -0.39 is 0 Å². The van der Waals surface area contributed by atoms with Crippen LogP contribution in [0.3, 0.4) is 0 Å². The van der Waals surface area contributed by atoms with E-state index in [9.17, 15) is 4.79 Å². The number of carbonyl (C=O) groups is 1. The topological polar surface area (TPSA) is 83.6 Å². The summed E-state index contributed by atoms with van der Waals surface area (Å²) in [6.07, 6.45) is 5.74. The number of fused-ring (bicyclic) bond motifs is 1.